The van der Waals surface area contributed by atoms with Crippen molar-refractivity contribution in [2.24, 2.45) is 10.1 Å². The fourth-order valence-corrected chi connectivity index (χ4v) is 5.00. The Kier molecular flexibility index (Phi) is 11.5. The molecule has 1 amide bonds. The van der Waals surface area contributed by atoms with E-state index >= 15 is 0 Å². The lowest BCUT2D eigenvalue weighted by Crippen LogP contribution is -2.55. The molecule has 2 atom stereocenters. The van der Waals surface area contributed by atoms with Gasteiger partial charge in [-0.25, -0.2) is 10.4 Å². The minimum absolute atomic E-state index is 0.0484. The van der Waals surface area contributed by atoms with E-state index in [2.05, 4.69) is 20.9 Å². The molecule has 0 aliphatic carbocycles. The summed E-state index contributed by atoms with van der Waals surface area (Å²) >= 11 is 0. The SMILES string of the molecule is COc1cc(OC)c(CNNC(=O)[C@@]2(Cc3ccccc3CN=[N+]=[N-])N=C(c3ccc(OCCCO)cc3)O[C@H]2C)c(OC)c1. The lowest BCUT2D eigenvalue weighted by molar-refractivity contribution is -0.129. The molecule has 1 aliphatic rings. The van der Waals surface area contributed by atoms with Crippen LogP contribution < -0.4 is 29.8 Å². The maximum absolute atomic E-state index is 14.1. The predicted octanol–water partition coefficient (Wildman–Crippen LogP) is 4.25. The zero-order chi connectivity index (χ0) is 32.2. The van der Waals surface area contributed by atoms with Crippen molar-refractivity contribution in [1.82, 2.24) is 10.9 Å². The predicted molar refractivity (Wildman–Crippen MR) is 168 cm³/mol. The van der Waals surface area contributed by atoms with Gasteiger partial charge in [0.15, 0.2) is 5.54 Å². The first-order valence-corrected chi connectivity index (χ1v) is 14.4. The third kappa shape index (κ3) is 7.76. The first-order chi connectivity index (χ1) is 21.9. The highest BCUT2D eigenvalue weighted by Crippen LogP contribution is 2.35. The first-order valence-electron chi connectivity index (χ1n) is 14.4. The Morgan fingerprint density at radius 1 is 1.04 bits per heavy atom. The summed E-state index contributed by atoms with van der Waals surface area (Å²) in [5, 5.41) is 12.7. The summed E-state index contributed by atoms with van der Waals surface area (Å²) in [6.45, 7) is 2.55. The second kappa shape index (κ2) is 15.7. The van der Waals surface area contributed by atoms with Crippen molar-refractivity contribution in [3.63, 3.8) is 0 Å². The average Bonchev–Trinajstić information content (AvgIpc) is 3.40. The van der Waals surface area contributed by atoms with Crippen molar-refractivity contribution >= 4 is 11.8 Å². The Morgan fingerprint density at radius 2 is 1.73 bits per heavy atom. The van der Waals surface area contributed by atoms with Gasteiger partial charge in [0.25, 0.3) is 5.91 Å². The molecule has 3 aromatic rings. The highest BCUT2D eigenvalue weighted by molar-refractivity contribution is 6.00. The number of ether oxygens (including phenoxy) is 5. The van der Waals surface area contributed by atoms with Crippen LogP contribution in [0.25, 0.3) is 10.4 Å². The monoisotopic (exact) mass is 618 g/mol. The number of nitrogens with zero attached hydrogens (tertiary/aromatic N) is 4. The number of carbonyl (C=O) groups excluding carboxylic acids is 1. The average molecular weight is 619 g/mol. The van der Waals surface area contributed by atoms with Crippen LogP contribution in [0.2, 0.25) is 0 Å². The van der Waals surface area contributed by atoms with Crippen LogP contribution in [0.5, 0.6) is 23.0 Å². The maximum Gasteiger partial charge on any atom is 0.266 e. The minimum Gasteiger partial charge on any atom is -0.496 e. The van der Waals surface area contributed by atoms with Gasteiger partial charge in [-0.3, -0.25) is 10.2 Å². The number of aliphatic hydroxyl groups is 1. The van der Waals surface area contributed by atoms with E-state index in [1.807, 2.05) is 36.4 Å². The Balaban J connectivity index is 1.64. The highest BCUT2D eigenvalue weighted by atomic mass is 16.5. The molecule has 45 heavy (non-hydrogen) atoms. The van der Waals surface area contributed by atoms with Crippen LogP contribution in [0.3, 0.4) is 0 Å². The minimum atomic E-state index is -1.38. The number of hydrogen-bond acceptors (Lipinski definition) is 10. The lowest BCUT2D eigenvalue weighted by atomic mass is 9.84. The number of methoxy groups -OCH3 is 3. The van der Waals surface area contributed by atoms with Crippen LogP contribution in [0.1, 0.15) is 35.6 Å². The van der Waals surface area contributed by atoms with Gasteiger partial charge in [-0.2, -0.15) is 0 Å². The van der Waals surface area contributed by atoms with E-state index in [1.165, 1.54) is 0 Å². The van der Waals surface area contributed by atoms with Crippen LogP contribution in [0.15, 0.2) is 70.8 Å². The number of hydrazine groups is 1. The molecule has 0 unspecified atom stereocenters. The zero-order valence-corrected chi connectivity index (χ0v) is 25.8. The van der Waals surface area contributed by atoms with Crippen LogP contribution in [-0.2, 0) is 29.0 Å². The van der Waals surface area contributed by atoms with Crippen molar-refractivity contribution in [2.75, 3.05) is 34.5 Å². The Labute approximate surface area is 261 Å². The summed E-state index contributed by atoms with van der Waals surface area (Å²) in [6, 6.07) is 18.1. The fourth-order valence-electron chi connectivity index (χ4n) is 5.00. The van der Waals surface area contributed by atoms with Gasteiger partial charge in [0.1, 0.15) is 29.1 Å². The molecule has 1 aliphatic heterocycles. The van der Waals surface area contributed by atoms with Gasteiger partial charge in [0, 0.05) is 48.6 Å². The van der Waals surface area contributed by atoms with Gasteiger partial charge < -0.3 is 28.8 Å². The molecular weight excluding hydrogens is 580 g/mol. The maximum atomic E-state index is 14.1. The van der Waals surface area contributed by atoms with Crippen LogP contribution >= 0.6 is 0 Å². The molecule has 3 N–H and O–H groups in total. The smallest absolute Gasteiger partial charge is 0.266 e. The number of benzene rings is 3. The third-order valence-corrected chi connectivity index (χ3v) is 7.49. The summed E-state index contributed by atoms with van der Waals surface area (Å²) in [5.74, 6) is 2.15. The van der Waals surface area contributed by atoms with Crippen molar-refractivity contribution in [3.8, 4) is 23.0 Å². The van der Waals surface area contributed by atoms with E-state index in [0.717, 1.165) is 11.1 Å². The number of hydrogen-bond donors (Lipinski definition) is 3. The molecule has 13 heteroatoms. The molecule has 0 saturated heterocycles. The van der Waals surface area contributed by atoms with E-state index < -0.39 is 17.6 Å². The number of aliphatic imine (C=N–C) groups is 1. The van der Waals surface area contributed by atoms with Crippen molar-refractivity contribution in [2.45, 2.75) is 44.5 Å². The van der Waals surface area contributed by atoms with Crippen LogP contribution in [0, 0.1) is 0 Å². The van der Waals surface area contributed by atoms with Crippen LogP contribution in [-0.4, -0.2) is 63.1 Å². The topological polar surface area (TPSA) is 169 Å². The van der Waals surface area contributed by atoms with Gasteiger partial charge in [0.2, 0.25) is 5.90 Å². The summed E-state index contributed by atoms with van der Waals surface area (Å²) in [7, 11) is 4.64. The molecule has 0 fully saturated rings. The first kappa shape index (κ1) is 32.9. The highest BCUT2D eigenvalue weighted by Gasteiger charge is 2.50. The van der Waals surface area contributed by atoms with Gasteiger partial charge in [-0.05, 0) is 47.8 Å². The Morgan fingerprint density at radius 3 is 2.36 bits per heavy atom. The molecule has 0 radical (unpaired) electrons. The number of rotatable bonds is 16. The molecule has 0 bridgehead atoms. The fraction of sp³-hybridized carbons (Fsp3) is 0.375. The van der Waals surface area contributed by atoms with Gasteiger partial charge in [-0.1, -0.05) is 29.4 Å². The third-order valence-electron chi connectivity index (χ3n) is 7.49. The van der Waals surface area contributed by atoms with Gasteiger partial charge in [0.05, 0.1) is 40.0 Å². The summed E-state index contributed by atoms with van der Waals surface area (Å²) in [6.07, 6.45) is 0.0483. The van der Waals surface area contributed by atoms with E-state index in [-0.39, 0.29) is 26.1 Å². The molecule has 1 heterocycles. The molecule has 3 aromatic carbocycles. The van der Waals surface area contributed by atoms with E-state index in [4.69, 9.17) is 39.3 Å². The van der Waals surface area contributed by atoms with Gasteiger partial charge in [-0.15, -0.1) is 0 Å². The second-order valence-corrected chi connectivity index (χ2v) is 10.2. The normalized spacial score (nSPS) is 17.0. The van der Waals surface area contributed by atoms with Gasteiger partial charge >= 0.3 is 0 Å². The Bertz CT molecular complexity index is 1520. The molecule has 4 rings (SSSR count). The van der Waals surface area contributed by atoms with Crippen molar-refractivity contribution < 1.29 is 33.6 Å². The summed E-state index contributed by atoms with van der Waals surface area (Å²) in [4.78, 5) is 21.9. The number of amides is 1. The number of aliphatic hydroxyl groups excluding tert-OH is 1. The summed E-state index contributed by atoms with van der Waals surface area (Å²) < 4.78 is 28.3. The van der Waals surface area contributed by atoms with E-state index in [1.54, 1.807) is 52.5 Å². The van der Waals surface area contributed by atoms with Crippen molar-refractivity contribution in [1.29, 1.82) is 0 Å². The molecular formula is C32H38N6O7. The number of azide groups is 1. The number of nitrogens with one attached hydrogen (secondary N) is 2. The molecule has 0 aromatic heterocycles. The van der Waals surface area contributed by atoms with Crippen LogP contribution in [0.4, 0.5) is 0 Å². The quantitative estimate of drug-likeness (QED) is 0.0704. The van der Waals surface area contributed by atoms with Crippen molar-refractivity contribution in [3.05, 3.63) is 93.4 Å². The standard InChI is InChI=1S/C32H38N6O7/c1-21-32(18-23-8-5-6-9-24(23)19-35-38-33,36-30(45-21)22-10-12-25(13-11-22)44-15-7-14-39)31(40)37-34-20-27-28(42-3)16-26(41-2)17-29(27)43-4/h5-6,8-13,16-17,21,34,39H,7,14-15,18-20H2,1-4H3,(H,37,40)/t21-,32-/m0/s1. The molecule has 0 saturated carbocycles. The largest absolute Gasteiger partial charge is 0.496 e. The number of carbonyl (C=O) groups is 1. The Hall–Kier alpha value is -4.97. The summed E-state index contributed by atoms with van der Waals surface area (Å²) in [5.41, 5.74) is 16.3. The zero-order valence-electron chi connectivity index (χ0n) is 25.8. The van der Waals surface area contributed by atoms with E-state index in [0.29, 0.717) is 53.1 Å². The molecule has 238 valence electrons. The van der Waals surface area contributed by atoms with E-state index in [9.17, 15) is 4.79 Å². The second-order valence-electron chi connectivity index (χ2n) is 10.2. The lowest BCUT2D eigenvalue weighted by Gasteiger charge is -2.29. The molecule has 13 nitrogen and oxygen atoms in total. The molecule has 0 spiro atoms.